The van der Waals surface area contributed by atoms with Crippen LogP contribution in [0.25, 0.3) is 0 Å². The van der Waals surface area contributed by atoms with Gasteiger partial charge in [-0.05, 0) is 44.4 Å². The van der Waals surface area contributed by atoms with Gasteiger partial charge in [0.1, 0.15) is 12.4 Å². The molecule has 1 N–H and O–H groups in total. The van der Waals surface area contributed by atoms with Crippen LogP contribution < -0.4 is 10.1 Å². The number of hydrogen-bond acceptors (Lipinski definition) is 8. The minimum Gasteiger partial charge on any atom is -0.496 e. The van der Waals surface area contributed by atoms with Gasteiger partial charge in [-0.1, -0.05) is 30.3 Å². The number of ketones is 1. The van der Waals surface area contributed by atoms with E-state index in [1.54, 1.807) is 26.2 Å². The van der Waals surface area contributed by atoms with Crippen LogP contribution in [0.5, 0.6) is 5.75 Å². The first-order valence-corrected chi connectivity index (χ1v) is 12.6. The molecule has 9 nitrogen and oxygen atoms in total. The average Bonchev–Trinajstić information content (AvgIpc) is 2.90. The lowest BCUT2D eigenvalue weighted by molar-refractivity contribution is -0.384. The number of nitro benzene ring substituents is 1. The summed E-state index contributed by atoms with van der Waals surface area (Å²) >= 11 is 0. The van der Waals surface area contributed by atoms with Gasteiger partial charge in [0.25, 0.3) is 5.69 Å². The summed E-state index contributed by atoms with van der Waals surface area (Å²) in [6.45, 7) is 5.88. The maximum Gasteiger partial charge on any atom is 0.336 e. The Labute approximate surface area is 221 Å². The molecule has 0 aromatic heterocycles. The summed E-state index contributed by atoms with van der Waals surface area (Å²) in [6.07, 6.45) is 0.795. The molecule has 0 saturated carbocycles. The summed E-state index contributed by atoms with van der Waals surface area (Å²) in [5.41, 5.74) is 3.60. The Balaban J connectivity index is 1.72. The maximum atomic E-state index is 13.7. The van der Waals surface area contributed by atoms with Crippen molar-refractivity contribution in [2.45, 2.75) is 51.6 Å². The van der Waals surface area contributed by atoms with Crippen LogP contribution in [-0.2, 0) is 19.1 Å². The number of hydrogen-bond donors (Lipinski definition) is 1. The molecule has 0 amide bonds. The van der Waals surface area contributed by atoms with Crippen molar-refractivity contribution in [1.29, 1.82) is 0 Å². The van der Waals surface area contributed by atoms with Crippen molar-refractivity contribution in [1.82, 2.24) is 5.32 Å². The zero-order valence-corrected chi connectivity index (χ0v) is 22.0. The first-order valence-electron chi connectivity index (χ1n) is 12.6. The fraction of sp³-hybridized carbons (Fsp3) is 0.379. The van der Waals surface area contributed by atoms with Gasteiger partial charge in [0.15, 0.2) is 5.78 Å². The van der Waals surface area contributed by atoms with Crippen molar-refractivity contribution in [2.75, 3.05) is 20.3 Å². The summed E-state index contributed by atoms with van der Waals surface area (Å²) in [6, 6.07) is 13.6. The first-order chi connectivity index (χ1) is 18.2. The van der Waals surface area contributed by atoms with E-state index in [1.807, 2.05) is 38.1 Å². The number of benzene rings is 2. The summed E-state index contributed by atoms with van der Waals surface area (Å²) in [5.74, 6) is -0.748. The predicted molar refractivity (Wildman–Crippen MR) is 141 cm³/mol. The van der Waals surface area contributed by atoms with E-state index in [0.717, 1.165) is 17.0 Å². The number of carbonyl (C=O) groups is 2. The zero-order valence-electron chi connectivity index (χ0n) is 22.0. The molecule has 9 heteroatoms. The van der Waals surface area contributed by atoms with E-state index in [4.69, 9.17) is 14.2 Å². The molecule has 0 unspecified atom stereocenters. The summed E-state index contributed by atoms with van der Waals surface area (Å²) in [5, 5.41) is 14.5. The molecule has 0 fully saturated rings. The number of Topliss-reactive ketones (excluding diaryl/α,β-unsaturated/α-hetero) is 1. The molecule has 2 aromatic carbocycles. The molecule has 200 valence electrons. The van der Waals surface area contributed by atoms with Crippen molar-refractivity contribution in [3.63, 3.8) is 0 Å². The minimum absolute atomic E-state index is 0.00242. The zero-order chi connectivity index (χ0) is 27.4. The van der Waals surface area contributed by atoms with E-state index < -0.39 is 16.8 Å². The van der Waals surface area contributed by atoms with Crippen molar-refractivity contribution in [3.8, 4) is 5.75 Å². The van der Waals surface area contributed by atoms with Crippen LogP contribution in [0.1, 0.15) is 56.6 Å². The van der Waals surface area contributed by atoms with Crippen LogP contribution in [0.4, 0.5) is 5.69 Å². The third kappa shape index (κ3) is 5.62. The van der Waals surface area contributed by atoms with Crippen molar-refractivity contribution < 1.29 is 28.7 Å². The number of nitrogens with zero attached hydrogens (tertiary/aromatic N) is 1. The smallest absolute Gasteiger partial charge is 0.336 e. The topological polar surface area (TPSA) is 117 Å². The second-order valence-electron chi connectivity index (χ2n) is 9.66. The third-order valence-corrected chi connectivity index (χ3v) is 6.83. The minimum atomic E-state index is -0.711. The fourth-order valence-corrected chi connectivity index (χ4v) is 5.15. The molecule has 0 bridgehead atoms. The molecule has 0 radical (unpaired) electrons. The Kier molecular flexibility index (Phi) is 8.26. The number of non-ortho nitro benzene ring substituents is 1. The molecule has 0 spiro atoms. The van der Waals surface area contributed by atoms with Gasteiger partial charge in [-0.15, -0.1) is 0 Å². The predicted octanol–water partition coefficient (Wildman–Crippen LogP) is 4.93. The number of rotatable bonds is 9. The van der Waals surface area contributed by atoms with Crippen LogP contribution in [0.15, 0.2) is 71.1 Å². The lowest BCUT2D eigenvalue weighted by Crippen LogP contribution is -2.36. The first kappa shape index (κ1) is 27.1. The molecule has 0 saturated heterocycles. The number of ether oxygens (including phenoxy) is 3. The Bertz CT molecular complexity index is 1290. The molecule has 1 heterocycles. The standard InChI is InChI=1S/C29H32N2O7/c1-17(2)37-13-14-38-29(33)26-18(3)30-23-15-20(22-7-5-6-8-25(22)36-4)16-24(32)28(23)27(26)19-9-11-21(12-10-19)31(34)35/h5-12,17,20,27,30H,13-16H2,1-4H3/t20-,27+/m0/s1. The van der Waals surface area contributed by atoms with Crippen LogP contribution in [-0.4, -0.2) is 43.1 Å². The second kappa shape index (κ2) is 11.6. The van der Waals surface area contributed by atoms with E-state index in [0.29, 0.717) is 28.8 Å². The number of nitrogens with one attached hydrogen (secondary N) is 1. The highest BCUT2D eigenvalue weighted by Gasteiger charge is 2.42. The largest absolute Gasteiger partial charge is 0.496 e. The highest BCUT2D eigenvalue weighted by molar-refractivity contribution is 6.04. The number of methoxy groups -OCH3 is 1. The van der Waals surface area contributed by atoms with Gasteiger partial charge < -0.3 is 19.5 Å². The summed E-state index contributed by atoms with van der Waals surface area (Å²) < 4.78 is 16.6. The highest BCUT2D eigenvalue weighted by atomic mass is 16.6. The number of nitro groups is 1. The van der Waals surface area contributed by atoms with Crippen LogP contribution in [0.2, 0.25) is 0 Å². The van der Waals surface area contributed by atoms with Gasteiger partial charge in [-0.2, -0.15) is 0 Å². The quantitative estimate of drug-likeness (QED) is 0.214. The normalized spacial score (nSPS) is 19.2. The van der Waals surface area contributed by atoms with E-state index in [9.17, 15) is 19.7 Å². The van der Waals surface area contributed by atoms with Crippen molar-refractivity contribution in [2.24, 2.45) is 0 Å². The Morgan fingerprint density at radius 3 is 2.47 bits per heavy atom. The summed E-state index contributed by atoms with van der Waals surface area (Å²) in [7, 11) is 1.61. The molecule has 38 heavy (non-hydrogen) atoms. The number of esters is 1. The third-order valence-electron chi connectivity index (χ3n) is 6.83. The van der Waals surface area contributed by atoms with Crippen LogP contribution in [0.3, 0.4) is 0 Å². The Hall–Kier alpha value is -3.98. The fourth-order valence-electron chi connectivity index (χ4n) is 5.15. The lowest BCUT2D eigenvalue weighted by atomic mass is 9.71. The Morgan fingerprint density at radius 1 is 1.11 bits per heavy atom. The van der Waals surface area contributed by atoms with Gasteiger partial charge in [0.05, 0.1) is 30.3 Å². The number of dihydropyridines is 1. The van der Waals surface area contributed by atoms with E-state index in [-0.39, 0.29) is 43.1 Å². The van der Waals surface area contributed by atoms with Gasteiger partial charge in [0, 0.05) is 47.4 Å². The monoisotopic (exact) mass is 520 g/mol. The Morgan fingerprint density at radius 2 is 1.82 bits per heavy atom. The van der Waals surface area contributed by atoms with Crippen LogP contribution >= 0.6 is 0 Å². The van der Waals surface area contributed by atoms with Gasteiger partial charge >= 0.3 is 5.97 Å². The SMILES string of the molecule is COc1ccccc1[C@@H]1CC(=O)C2=C(C1)NC(C)=C(C(=O)OCCOC(C)C)[C@H]2c1ccc([N+](=O)[O-])cc1. The molecule has 1 aliphatic carbocycles. The van der Waals surface area contributed by atoms with Gasteiger partial charge in [0.2, 0.25) is 0 Å². The van der Waals surface area contributed by atoms with Gasteiger partial charge in [-0.25, -0.2) is 4.79 Å². The lowest BCUT2D eigenvalue weighted by Gasteiger charge is -2.37. The highest BCUT2D eigenvalue weighted by Crippen LogP contribution is 2.47. The van der Waals surface area contributed by atoms with Crippen LogP contribution in [0, 0.1) is 10.1 Å². The van der Waals surface area contributed by atoms with Crippen molar-refractivity contribution >= 4 is 17.4 Å². The average molecular weight is 521 g/mol. The number of allylic oxidation sites excluding steroid dienone is 3. The second-order valence-corrected chi connectivity index (χ2v) is 9.66. The van der Waals surface area contributed by atoms with E-state index in [1.165, 1.54) is 12.1 Å². The molecule has 2 aromatic rings. The molecular weight excluding hydrogens is 488 g/mol. The molecular formula is C29H32N2O7. The molecule has 2 atom stereocenters. The van der Waals surface area contributed by atoms with E-state index >= 15 is 0 Å². The van der Waals surface area contributed by atoms with Crippen molar-refractivity contribution in [3.05, 3.63) is 92.3 Å². The number of carbonyl (C=O) groups excluding carboxylic acids is 2. The molecule has 4 rings (SSSR count). The summed E-state index contributed by atoms with van der Waals surface area (Å²) in [4.78, 5) is 37.8. The number of para-hydroxylation sites is 1. The van der Waals surface area contributed by atoms with E-state index in [2.05, 4.69) is 5.32 Å². The molecule has 2 aliphatic rings. The molecule has 1 aliphatic heterocycles. The maximum absolute atomic E-state index is 13.7. The van der Waals surface area contributed by atoms with Gasteiger partial charge in [-0.3, -0.25) is 14.9 Å².